The summed E-state index contributed by atoms with van der Waals surface area (Å²) in [7, 11) is 0. The van der Waals surface area contributed by atoms with Crippen LogP contribution in [0.1, 0.15) is 39.5 Å². The molecule has 1 saturated heterocycles. The molecule has 0 spiro atoms. The molecule has 0 atom stereocenters. The molecule has 108 valence electrons. The lowest BCUT2D eigenvalue weighted by molar-refractivity contribution is -0.132. The summed E-state index contributed by atoms with van der Waals surface area (Å²) in [6.45, 7) is 5.72. The molecule has 0 saturated carbocycles. The zero-order valence-electron chi connectivity index (χ0n) is 11.9. The van der Waals surface area contributed by atoms with Crippen LogP contribution in [0.15, 0.2) is 0 Å². The summed E-state index contributed by atoms with van der Waals surface area (Å²) in [4.78, 5) is 12.2. The molecule has 1 amide bonds. The van der Waals surface area contributed by atoms with Gasteiger partial charge in [-0.3, -0.25) is 4.79 Å². The summed E-state index contributed by atoms with van der Waals surface area (Å²) in [5.74, 6) is -0.185. The Balaban J connectivity index is 2.52. The first-order valence-corrected chi connectivity index (χ1v) is 6.84. The number of nitrogens with zero attached hydrogens (tertiary/aromatic N) is 1. The summed E-state index contributed by atoms with van der Waals surface area (Å²) in [6, 6.07) is 2.16. The molecule has 0 aromatic rings. The predicted octanol–water partition coefficient (Wildman–Crippen LogP) is 1.22. The molecule has 1 heterocycles. The Morgan fingerprint density at radius 2 is 2.11 bits per heavy atom. The fraction of sp³-hybridized carbons (Fsp3) is 0.857. The van der Waals surface area contributed by atoms with Gasteiger partial charge in [0.25, 0.3) is 0 Å². The molecule has 0 unspecified atom stereocenters. The molecule has 0 aromatic heterocycles. The average Bonchev–Trinajstić information content (AvgIpc) is 2.43. The lowest BCUT2D eigenvalue weighted by Crippen LogP contribution is -2.46. The van der Waals surface area contributed by atoms with Crippen molar-refractivity contribution in [1.82, 2.24) is 5.32 Å². The average molecular weight is 268 g/mol. The molecule has 0 aromatic carbocycles. The normalized spacial score (nSPS) is 18.6. The second-order valence-electron chi connectivity index (χ2n) is 5.98. The summed E-state index contributed by atoms with van der Waals surface area (Å²) < 4.78 is 5.22. The van der Waals surface area contributed by atoms with Crippen molar-refractivity contribution in [2.75, 3.05) is 26.4 Å². The Labute approximate surface area is 114 Å². The summed E-state index contributed by atoms with van der Waals surface area (Å²) >= 11 is 0. The highest BCUT2D eigenvalue weighted by Crippen LogP contribution is 2.30. The molecular weight excluding hydrogens is 244 g/mol. The van der Waals surface area contributed by atoms with E-state index in [-0.39, 0.29) is 17.9 Å². The second kappa shape index (κ2) is 6.88. The van der Waals surface area contributed by atoms with Gasteiger partial charge in [-0.1, -0.05) is 13.8 Å². The number of carbonyl (C=O) groups is 1. The Bertz CT molecular complexity index is 341. The van der Waals surface area contributed by atoms with Crippen LogP contribution in [0.2, 0.25) is 0 Å². The van der Waals surface area contributed by atoms with Crippen molar-refractivity contribution in [3.63, 3.8) is 0 Å². The first kappa shape index (κ1) is 15.9. The fourth-order valence-electron chi connectivity index (χ4n) is 2.24. The van der Waals surface area contributed by atoms with Crippen LogP contribution in [0.4, 0.5) is 0 Å². The summed E-state index contributed by atoms with van der Waals surface area (Å²) in [6.07, 6.45) is 2.49. The number of ether oxygens (including phenoxy) is 1. The van der Waals surface area contributed by atoms with E-state index in [1.165, 1.54) is 0 Å². The van der Waals surface area contributed by atoms with E-state index in [0.717, 1.165) is 12.8 Å². The SMILES string of the molecule is CC(C)(CCCO)CNC(=O)C1(C#N)CCOCC1. The minimum absolute atomic E-state index is 0.0692. The molecule has 1 fully saturated rings. The highest BCUT2D eigenvalue weighted by molar-refractivity contribution is 5.85. The summed E-state index contributed by atoms with van der Waals surface area (Å²) in [5.41, 5.74) is -0.995. The number of hydrogen-bond donors (Lipinski definition) is 2. The number of aliphatic hydroxyl groups excluding tert-OH is 1. The van der Waals surface area contributed by atoms with Crippen LogP contribution >= 0.6 is 0 Å². The van der Waals surface area contributed by atoms with Gasteiger partial charge >= 0.3 is 0 Å². The molecule has 0 radical (unpaired) electrons. The Morgan fingerprint density at radius 1 is 1.47 bits per heavy atom. The van der Waals surface area contributed by atoms with Gasteiger partial charge in [-0.25, -0.2) is 0 Å². The van der Waals surface area contributed by atoms with Gasteiger partial charge in [-0.05, 0) is 31.1 Å². The smallest absolute Gasteiger partial charge is 0.240 e. The third-order valence-corrected chi connectivity index (χ3v) is 3.73. The van der Waals surface area contributed by atoms with E-state index < -0.39 is 5.41 Å². The number of amides is 1. The van der Waals surface area contributed by atoms with E-state index >= 15 is 0 Å². The quantitative estimate of drug-likeness (QED) is 0.759. The van der Waals surface area contributed by atoms with Crippen molar-refractivity contribution in [3.05, 3.63) is 0 Å². The third kappa shape index (κ3) is 4.48. The minimum atomic E-state index is -0.925. The van der Waals surface area contributed by atoms with Gasteiger partial charge in [0.2, 0.25) is 5.91 Å². The molecule has 5 nitrogen and oxygen atoms in total. The maximum Gasteiger partial charge on any atom is 0.240 e. The Hall–Kier alpha value is -1.12. The van der Waals surface area contributed by atoms with Crippen LogP contribution in [0.3, 0.4) is 0 Å². The zero-order valence-corrected chi connectivity index (χ0v) is 11.9. The lowest BCUT2D eigenvalue weighted by atomic mass is 9.80. The molecular formula is C14H24N2O3. The number of hydrogen-bond acceptors (Lipinski definition) is 4. The van der Waals surface area contributed by atoms with E-state index in [2.05, 4.69) is 11.4 Å². The minimum Gasteiger partial charge on any atom is -0.396 e. The molecule has 5 heteroatoms. The first-order valence-electron chi connectivity index (χ1n) is 6.84. The van der Waals surface area contributed by atoms with Crippen molar-refractivity contribution in [2.45, 2.75) is 39.5 Å². The van der Waals surface area contributed by atoms with Crippen molar-refractivity contribution in [3.8, 4) is 6.07 Å². The van der Waals surface area contributed by atoms with Gasteiger partial charge in [-0.15, -0.1) is 0 Å². The number of rotatable bonds is 6. The number of carbonyl (C=O) groups excluding carboxylic acids is 1. The Morgan fingerprint density at radius 3 is 2.63 bits per heavy atom. The van der Waals surface area contributed by atoms with E-state index in [4.69, 9.17) is 9.84 Å². The fourth-order valence-corrected chi connectivity index (χ4v) is 2.24. The van der Waals surface area contributed by atoms with Crippen molar-refractivity contribution in [2.24, 2.45) is 10.8 Å². The number of nitriles is 1. The van der Waals surface area contributed by atoms with Crippen LogP contribution in [-0.2, 0) is 9.53 Å². The largest absolute Gasteiger partial charge is 0.396 e. The first-order chi connectivity index (χ1) is 8.96. The van der Waals surface area contributed by atoms with Gasteiger partial charge < -0.3 is 15.2 Å². The molecule has 0 bridgehead atoms. The third-order valence-electron chi connectivity index (χ3n) is 3.73. The van der Waals surface area contributed by atoms with Crippen molar-refractivity contribution >= 4 is 5.91 Å². The van der Waals surface area contributed by atoms with Crippen LogP contribution in [0.25, 0.3) is 0 Å². The monoisotopic (exact) mass is 268 g/mol. The highest BCUT2D eigenvalue weighted by Gasteiger charge is 2.40. The van der Waals surface area contributed by atoms with Gasteiger partial charge in [-0.2, -0.15) is 5.26 Å². The maximum absolute atomic E-state index is 12.2. The number of nitrogens with one attached hydrogen (secondary N) is 1. The van der Waals surface area contributed by atoms with Crippen LogP contribution in [-0.4, -0.2) is 37.4 Å². The van der Waals surface area contributed by atoms with Gasteiger partial charge in [0.15, 0.2) is 0 Å². The predicted molar refractivity (Wildman–Crippen MR) is 71.2 cm³/mol. The van der Waals surface area contributed by atoms with Crippen LogP contribution in [0, 0.1) is 22.2 Å². The molecule has 1 rings (SSSR count). The van der Waals surface area contributed by atoms with Crippen molar-refractivity contribution in [1.29, 1.82) is 5.26 Å². The lowest BCUT2D eigenvalue weighted by Gasteiger charge is -2.31. The molecule has 19 heavy (non-hydrogen) atoms. The van der Waals surface area contributed by atoms with Crippen LogP contribution in [0.5, 0.6) is 0 Å². The van der Waals surface area contributed by atoms with E-state index in [0.29, 0.717) is 32.6 Å². The molecule has 1 aliphatic rings. The van der Waals surface area contributed by atoms with E-state index in [1.54, 1.807) is 0 Å². The highest BCUT2D eigenvalue weighted by atomic mass is 16.5. The van der Waals surface area contributed by atoms with Crippen molar-refractivity contribution < 1.29 is 14.6 Å². The van der Waals surface area contributed by atoms with Gasteiger partial charge in [0.05, 0.1) is 6.07 Å². The van der Waals surface area contributed by atoms with E-state index in [1.807, 2.05) is 13.8 Å². The van der Waals surface area contributed by atoms with Gasteiger partial charge in [0, 0.05) is 26.4 Å². The maximum atomic E-state index is 12.2. The van der Waals surface area contributed by atoms with Crippen LogP contribution < -0.4 is 5.32 Å². The van der Waals surface area contributed by atoms with Gasteiger partial charge in [0.1, 0.15) is 5.41 Å². The summed E-state index contributed by atoms with van der Waals surface area (Å²) in [5, 5.41) is 21.0. The molecule has 0 aliphatic carbocycles. The zero-order chi connectivity index (χ0) is 14.4. The Kier molecular flexibility index (Phi) is 5.77. The molecule has 2 N–H and O–H groups in total. The van der Waals surface area contributed by atoms with E-state index in [9.17, 15) is 10.1 Å². The number of aliphatic hydroxyl groups is 1. The standard InChI is InChI=1S/C14H24N2O3/c1-13(2,4-3-7-17)11-16-12(18)14(10-15)5-8-19-9-6-14/h17H,3-9,11H2,1-2H3,(H,16,18). The topological polar surface area (TPSA) is 82.4 Å². The second-order valence-corrected chi connectivity index (χ2v) is 5.98. The molecule has 1 aliphatic heterocycles.